The van der Waals surface area contributed by atoms with Crippen LogP contribution in [-0.4, -0.2) is 33.2 Å². The van der Waals surface area contributed by atoms with Crippen molar-refractivity contribution in [1.82, 2.24) is 0 Å². The highest BCUT2D eigenvalue weighted by atomic mass is 16.8. The lowest BCUT2D eigenvalue weighted by Gasteiger charge is -2.14. The molecule has 3 N–H and O–H groups in total. The Bertz CT molecular complexity index is 534. The minimum atomic E-state index is -2.51. The molecule has 0 saturated carbocycles. The maximum absolute atomic E-state index is 11.2. The molecule has 0 unspecified atom stereocenters. The van der Waals surface area contributed by atoms with Crippen LogP contribution in [0.1, 0.15) is 18.1 Å². The number of carboxylic acids is 1. The Labute approximate surface area is 115 Å². The molecule has 0 saturated heterocycles. The van der Waals surface area contributed by atoms with E-state index in [0.717, 1.165) is 19.1 Å². The summed E-state index contributed by atoms with van der Waals surface area (Å²) in [5, 5.41) is 26.2. The summed E-state index contributed by atoms with van der Waals surface area (Å²) < 4.78 is 4.26. The topological polar surface area (TPSA) is 104 Å². The summed E-state index contributed by atoms with van der Waals surface area (Å²) in [6.07, 6.45) is 4.93. The first-order chi connectivity index (χ1) is 9.26. The fraction of sp³-hybridized carbons (Fsp3) is 0.143. The third-order valence-corrected chi connectivity index (χ3v) is 2.06. The fourth-order valence-electron chi connectivity index (χ4n) is 1.27. The van der Waals surface area contributed by atoms with Gasteiger partial charge in [-0.05, 0) is 23.3 Å². The van der Waals surface area contributed by atoms with Crippen molar-refractivity contribution in [1.29, 1.82) is 0 Å². The van der Waals surface area contributed by atoms with Gasteiger partial charge in [-0.25, -0.2) is 9.59 Å². The van der Waals surface area contributed by atoms with E-state index in [0.29, 0.717) is 11.1 Å². The summed E-state index contributed by atoms with van der Waals surface area (Å²) in [4.78, 5) is 21.5. The highest BCUT2D eigenvalue weighted by molar-refractivity contribution is 5.87. The van der Waals surface area contributed by atoms with Gasteiger partial charge in [0.25, 0.3) is 0 Å². The first kappa shape index (κ1) is 15.6. The maximum Gasteiger partial charge on any atom is 0.335 e. The minimum absolute atomic E-state index is 0.673. The van der Waals surface area contributed by atoms with Gasteiger partial charge < -0.3 is 20.1 Å². The summed E-state index contributed by atoms with van der Waals surface area (Å²) in [5.41, 5.74) is 1.37. The zero-order valence-corrected chi connectivity index (χ0v) is 10.7. The number of aliphatic hydroxyl groups is 2. The lowest BCUT2D eigenvalue weighted by Crippen LogP contribution is -2.29. The van der Waals surface area contributed by atoms with E-state index in [9.17, 15) is 9.59 Å². The predicted molar refractivity (Wildman–Crippen MR) is 71.1 cm³/mol. The number of rotatable bonds is 5. The van der Waals surface area contributed by atoms with Crippen molar-refractivity contribution in [3.8, 4) is 0 Å². The van der Waals surface area contributed by atoms with Gasteiger partial charge in [-0.2, -0.15) is 0 Å². The molecule has 0 radical (unpaired) electrons. The molecule has 0 aliphatic rings. The van der Waals surface area contributed by atoms with Gasteiger partial charge in [0.15, 0.2) is 0 Å². The van der Waals surface area contributed by atoms with E-state index in [1.807, 2.05) is 0 Å². The van der Waals surface area contributed by atoms with Crippen LogP contribution in [0, 0.1) is 0 Å². The molecule has 0 heterocycles. The number of hydrogen-bond acceptors (Lipinski definition) is 5. The van der Waals surface area contributed by atoms with Gasteiger partial charge in [-0.3, -0.25) is 0 Å². The van der Waals surface area contributed by atoms with Crippen molar-refractivity contribution < 1.29 is 29.6 Å². The molecular formula is C14H14O6. The summed E-state index contributed by atoms with van der Waals surface area (Å²) in [7, 11) is 0. The largest absolute Gasteiger partial charge is 0.478 e. The number of benzene rings is 1. The van der Waals surface area contributed by atoms with Crippen molar-refractivity contribution in [3.63, 3.8) is 0 Å². The van der Waals surface area contributed by atoms with Gasteiger partial charge in [0.2, 0.25) is 0 Å². The zero-order chi connectivity index (χ0) is 15.2. The van der Waals surface area contributed by atoms with Gasteiger partial charge in [-0.15, -0.1) is 0 Å². The van der Waals surface area contributed by atoms with Crippen LogP contribution in [0.3, 0.4) is 0 Å². The molecule has 0 fully saturated rings. The van der Waals surface area contributed by atoms with Crippen LogP contribution < -0.4 is 0 Å². The van der Waals surface area contributed by atoms with E-state index < -0.39 is 17.9 Å². The van der Waals surface area contributed by atoms with Crippen molar-refractivity contribution >= 4 is 24.1 Å². The van der Waals surface area contributed by atoms with Crippen LogP contribution in [0.15, 0.2) is 36.4 Å². The van der Waals surface area contributed by atoms with E-state index in [-0.39, 0.29) is 0 Å². The Morgan fingerprint density at radius 1 is 1.05 bits per heavy atom. The average Bonchev–Trinajstić information content (AvgIpc) is 2.33. The Morgan fingerprint density at radius 2 is 1.50 bits per heavy atom. The molecule has 0 bridgehead atoms. The number of aliphatic carboxylic acids is 1. The molecule has 20 heavy (non-hydrogen) atoms. The Hall–Kier alpha value is -2.44. The molecule has 1 aromatic carbocycles. The van der Waals surface area contributed by atoms with Crippen LogP contribution in [-0.2, 0) is 14.3 Å². The first-order valence-electron chi connectivity index (χ1n) is 5.63. The van der Waals surface area contributed by atoms with E-state index in [1.54, 1.807) is 24.3 Å². The molecule has 0 amide bonds. The van der Waals surface area contributed by atoms with Crippen molar-refractivity contribution in [2.45, 2.75) is 12.9 Å². The molecule has 1 rings (SSSR count). The summed E-state index contributed by atoms with van der Waals surface area (Å²) >= 11 is 0. The third-order valence-electron chi connectivity index (χ3n) is 2.06. The number of ether oxygens (including phenoxy) is 1. The third kappa shape index (κ3) is 6.48. The number of carbonyl (C=O) groups is 2. The molecule has 106 valence electrons. The van der Waals surface area contributed by atoms with Crippen molar-refractivity contribution in [2.75, 3.05) is 0 Å². The van der Waals surface area contributed by atoms with Crippen LogP contribution in [0.2, 0.25) is 0 Å². The van der Waals surface area contributed by atoms with Gasteiger partial charge in [0, 0.05) is 19.1 Å². The highest BCUT2D eigenvalue weighted by Gasteiger charge is 2.19. The van der Waals surface area contributed by atoms with Crippen LogP contribution in [0.25, 0.3) is 12.2 Å². The second-order valence-corrected chi connectivity index (χ2v) is 4.03. The first-order valence-corrected chi connectivity index (χ1v) is 5.63. The molecule has 0 aliphatic heterocycles. The minimum Gasteiger partial charge on any atom is -0.478 e. The van der Waals surface area contributed by atoms with Gasteiger partial charge in [0.1, 0.15) is 0 Å². The molecule has 6 nitrogen and oxygen atoms in total. The monoisotopic (exact) mass is 278 g/mol. The SMILES string of the molecule is CC(O)(O)OC(=O)C=Cc1ccc(C=CC(=O)O)cc1. The van der Waals surface area contributed by atoms with Gasteiger partial charge >= 0.3 is 17.9 Å². The molecule has 1 aromatic rings. The van der Waals surface area contributed by atoms with E-state index >= 15 is 0 Å². The summed E-state index contributed by atoms with van der Waals surface area (Å²) in [6, 6.07) is 6.68. The number of hydrogen-bond donors (Lipinski definition) is 3. The van der Waals surface area contributed by atoms with Gasteiger partial charge in [-0.1, -0.05) is 24.3 Å². The van der Waals surface area contributed by atoms with E-state index in [1.165, 1.54) is 12.2 Å². The lowest BCUT2D eigenvalue weighted by atomic mass is 10.1. The number of carbonyl (C=O) groups excluding carboxylic acids is 1. The molecule has 0 atom stereocenters. The van der Waals surface area contributed by atoms with Crippen LogP contribution >= 0.6 is 0 Å². The molecule has 6 heteroatoms. The maximum atomic E-state index is 11.2. The highest BCUT2D eigenvalue weighted by Crippen LogP contribution is 2.08. The van der Waals surface area contributed by atoms with Crippen LogP contribution in [0.5, 0.6) is 0 Å². The fourth-order valence-corrected chi connectivity index (χ4v) is 1.27. The van der Waals surface area contributed by atoms with Crippen molar-refractivity contribution in [3.05, 3.63) is 47.5 Å². The smallest absolute Gasteiger partial charge is 0.335 e. The summed E-state index contributed by atoms with van der Waals surface area (Å²) in [5.74, 6) is -4.44. The van der Waals surface area contributed by atoms with E-state index in [4.69, 9.17) is 15.3 Å². The van der Waals surface area contributed by atoms with Crippen LogP contribution in [0.4, 0.5) is 0 Å². The van der Waals surface area contributed by atoms with E-state index in [2.05, 4.69) is 4.74 Å². The zero-order valence-electron chi connectivity index (χ0n) is 10.7. The molecule has 0 aromatic heterocycles. The second kappa shape index (κ2) is 6.65. The molecule has 0 aliphatic carbocycles. The number of esters is 1. The standard InChI is InChI=1S/C14H14O6/c1-14(18,19)20-13(17)9-7-11-4-2-10(3-5-11)6-8-12(15)16/h2-9,18-19H,1H3,(H,15,16). The molecular weight excluding hydrogens is 264 g/mol. The van der Waals surface area contributed by atoms with Gasteiger partial charge in [0.05, 0.1) is 0 Å². The quantitative estimate of drug-likeness (QED) is 0.421. The predicted octanol–water partition coefficient (Wildman–Crippen LogP) is 0.999. The average molecular weight is 278 g/mol. The second-order valence-electron chi connectivity index (χ2n) is 4.03. The Morgan fingerprint density at radius 3 is 1.90 bits per heavy atom. The Balaban J connectivity index is 2.66. The summed E-state index contributed by atoms with van der Waals surface area (Å²) in [6.45, 7) is 0.919. The molecule has 0 spiro atoms. The number of carboxylic acid groups (broad SMARTS) is 1. The normalized spacial score (nSPS) is 11.9. The Kier molecular flexibility index (Phi) is 5.19. The lowest BCUT2D eigenvalue weighted by molar-refractivity contribution is -0.304. The van der Waals surface area contributed by atoms with Crippen molar-refractivity contribution in [2.24, 2.45) is 0 Å².